The third kappa shape index (κ3) is 8.85. The summed E-state index contributed by atoms with van der Waals surface area (Å²) in [4.78, 5) is 0. The molecule has 0 heterocycles. The fourth-order valence-corrected chi connectivity index (χ4v) is 1.92. The van der Waals surface area contributed by atoms with Crippen LogP contribution in [0, 0.1) is 0 Å². The van der Waals surface area contributed by atoms with Crippen LogP contribution in [0.1, 0.15) is 40.5 Å². The molecule has 1 atom stereocenters. The van der Waals surface area contributed by atoms with Crippen LogP contribution in [-0.2, 0) is 4.74 Å². The number of hydrogen-bond acceptors (Lipinski definition) is 3. The van der Waals surface area contributed by atoms with Crippen molar-refractivity contribution in [1.29, 1.82) is 0 Å². The van der Waals surface area contributed by atoms with E-state index in [9.17, 15) is 5.11 Å². The molecule has 86 valence electrons. The van der Waals surface area contributed by atoms with Gasteiger partial charge in [0.15, 0.2) is 0 Å². The van der Waals surface area contributed by atoms with Crippen LogP contribution in [-0.4, -0.2) is 34.9 Å². The average Bonchev–Trinajstić information content (AvgIpc) is 2.10. The maximum absolute atomic E-state index is 9.72. The molecule has 0 radical (unpaired) electrons. The lowest BCUT2D eigenvalue weighted by molar-refractivity contribution is 0.0532. The Morgan fingerprint density at radius 3 is 2.50 bits per heavy atom. The summed E-state index contributed by atoms with van der Waals surface area (Å²) in [6, 6.07) is 0. The van der Waals surface area contributed by atoms with Gasteiger partial charge in [0.05, 0.1) is 18.3 Å². The summed E-state index contributed by atoms with van der Waals surface area (Å²) in [6.07, 6.45) is 2.03. The molecule has 0 saturated heterocycles. The highest BCUT2D eigenvalue weighted by Gasteiger charge is 2.16. The summed E-state index contributed by atoms with van der Waals surface area (Å²) in [5.74, 6) is 2.04. The van der Waals surface area contributed by atoms with Crippen LogP contribution in [0.25, 0.3) is 0 Å². The Morgan fingerprint density at radius 1 is 1.36 bits per heavy atom. The lowest BCUT2D eigenvalue weighted by Gasteiger charge is -2.20. The van der Waals surface area contributed by atoms with Gasteiger partial charge < -0.3 is 9.84 Å². The molecule has 0 aromatic rings. The second kappa shape index (κ2) is 7.55. The van der Waals surface area contributed by atoms with Crippen molar-refractivity contribution < 1.29 is 9.84 Å². The summed E-state index contributed by atoms with van der Waals surface area (Å²) < 4.78 is 5.42. The summed E-state index contributed by atoms with van der Waals surface area (Å²) in [5, 5.41) is 9.72. The van der Waals surface area contributed by atoms with Crippen molar-refractivity contribution in [3.63, 3.8) is 0 Å². The molecule has 0 aliphatic carbocycles. The molecule has 0 amide bonds. The van der Waals surface area contributed by atoms with Crippen molar-refractivity contribution in [2.24, 2.45) is 0 Å². The van der Waals surface area contributed by atoms with Crippen molar-refractivity contribution in [3.8, 4) is 0 Å². The van der Waals surface area contributed by atoms with Gasteiger partial charge in [-0.25, -0.2) is 0 Å². The first-order valence-electron chi connectivity index (χ1n) is 5.39. The Hall–Kier alpha value is 0.270. The van der Waals surface area contributed by atoms with Crippen molar-refractivity contribution in [2.75, 3.05) is 18.1 Å². The first-order valence-corrected chi connectivity index (χ1v) is 6.55. The molecule has 0 aromatic carbocycles. The molecule has 2 nitrogen and oxygen atoms in total. The third-order valence-corrected chi connectivity index (χ3v) is 3.17. The van der Waals surface area contributed by atoms with Gasteiger partial charge in [-0.05, 0) is 39.4 Å². The molecular formula is C11H24O2S. The monoisotopic (exact) mass is 220 g/mol. The first kappa shape index (κ1) is 14.3. The average molecular weight is 220 g/mol. The van der Waals surface area contributed by atoms with Gasteiger partial charge >= 0.3 is 0 Å². The maximum atomic E-state index is 9.72. The zero-order valence-corrected chi connectivity index (χ0v) is 10.7. The largest absolute Gasteiger partial charge is 0.390 e. The van der Waals surface area contributed by atoms with Crippen LogP contribution >= 0.6 is 11.8 Å². The quantitative estimate of drug-likeness (QED) is 0.638. The van der Waals surface area contributed by atoms with Crippen molar-refractivity contribution in [3.05, 3.63) is 0 Å². The second-order valence-electron chi connectivity index (χ2n) is 4.13. The third-order valence-electron chi connectivity index (χ3n) is 2.23. The summed E-state index contributed by atoms with van der Waals surface area (Å²) >= 11 is 1.85. The Morgan fingerprint density at radius 2 is 2.00 bits per heavy atom. The number of hydrogen-bond donors (Lipinski definition) is 1. The van der Waals surface area contributed by atoms with Gasteiger partial charge in [0.25, 0.3) is 0 Å². The van der Waals surface area contributed by atoms with Crippen LogP contribution in [0.15, 0.2) is 0 Å². The number of rotatable bonds is 8. The van der Waals surface area contributed by atoms with E-state index in [0.717, 1.165) is 31.0 Å². The number of ether oxygens (including phenoxy) is 1. The molecule has 0 fully saturated rings. The van der Waals surface area contributed by atoms with E-state index in [1.807, 2.05) is 39.5 Å². The van der Waals surface area contributed by atoms with Gasteiger partial charge in [-0.2, -0.15) is 11.8 Å². The Balaban J connectivity index is 3.21. The van der Waals surface area contributed by atoms with Crippen LogP contribution in [0.2, 0.25) is 0 Å². The van der Waals surface area contributed by atoms with E-state index in [0.29, 0.717) is 6.10 Å². The molecular weight excluding hydrogens is 196 g/mol. The zero-order chi connectivity index (χ0) is 11.0. The molecule has 0 bridgehead atoms. The van der Waals surface area contributed by atoms with Crippen molar-refractivity contribution in [1.82, 2.24) is 0 Å². The molecule has 1 unspecified atom stereocenters. The van der Waals surface area contributed by atoms with E-state index in [2.05, 4.69) is 0 Å². The minimum absolute atomic E-state index is 0.328. The molecule has 14 heavy (non-hydrogen) atoms. The van der Waals surface area contributed by atoms with E-state index >= 15 is 0 Å². The standard InChI is InChI=1S/C11H24O2S/c1-5-11(4,12)6-8-14-9-7-13-10(2)3/h10,12H,5-9H2,1-4H3. The van der Waals surface area contributed by atoms with Gasteiger partial charge in [-0.3, -0.25) is 0 Å². The number of aliphatic hydroxyl groups is 1. The zero-order valence-electron chi connectivity index (χ0n) is 9.88. The topological polar surface area (TPSA) is 29.5 Å². The number of thioether (sulfide) groups is 1. The highest BCUT2D eigenvalue weighted by atomic mass is 32.2. The second-order valence-corrected chi connectivity index (χ2v) is 5.36. The summed E-state index contributed by atoms with van der Waals surface area (Å²) in [6.45, 7) is 8.83. The predicted molar refractivity (Wildman–Crippen MR) is 63.9 cm³/mol. The molecule has 0 saturated carbocycles. The van der Waals surface area contributed by atoms with Gasteiger partial charge in [-0.1, -0.05) is 6.92 Å². The molecule has 0 aliphatic heterocycles. The molecule has 1 N–H and O–H groups in total. The van der Waals surface area contributed by atoms with Crippen molar-refractivity contribution >= 4 is 11.8 Å². The van der Waals surface area contributed by atoms with Crippen LogP contribution in [0.4, 0.5) is 0 Å². The van der Waals surface area contributed by atoms with Crippen LogP contribution in [0.5, 0.6) is 0 Å². The van der Waals surface area contributed by atoms with E-state index in [-0.39, 0.29) is 0 Å². The fraction of sp³-hybridized carbons (Fsp3) is 1.00. The molecule has 0 spiro atoms. The van der Waals surface area contributed by atoms with E-state index in [1.165, 1.54) is 0 Å². The van der Waals surface area contributed by atoms with E-state index in [1.54, 1.807) is 0 Å². The van der Waals surface area contributed by atoms with E-state index in [4.69, 9.17) is 4.74 Å². The lowest BCUT2D eigenvalue weighted by Crippen LogP contribution is -2.23. The molecule has 0 aromatic heterocycles. The minimum Gasteiger partial charge on any atom is -0.390 e. The maximum Gasteiger partial charge on any atom is 0.0625 e. The van der Waals surface area contributed by atoms with Crippen LogP contribution < -0.4 is 0 Å². The molecule has 0 aliphatic rings. The first-order chi connectivity index (χ1) is 6.48. The van der Waals surface area contributed by atoms with Gasteiger partial charge in [0.1, 0.15) is 0 Å². The summed E-state index contributed by atoms with van der Waals surface area (Å²) in [7, 11) is 0. The van der Waals surface area contributed by atoms with Crippen LogP contribution in [0.3, 0.4) is 0 Å². The highest BCUT2D eigenvalue weighted by molar-refractivity contribution is 7.99. The van der Waals surface area contributed by atoms with E-state index < -0.39 is 5.60 Å². The highest BCUT2D eigenvalue weighted by Crippen LogP contribution is 2.17. The minimum atomic E-state index is -0.480. The van der Waals surface area contributed by atoms with Gasteiger partial charge in [0, 0.05) is 5.75 Å². The Labute approximate surface area is 92.4 Å². The lowest BCUT2D eigenvalue weighted by atomic mass is 10.0. The molecule has 3 heteroatoms. The SMILES string of the molecule is CCC(C)(O)CCSCCOC(C)C. The Bertz CT molecular complexity index is 135. The normalized spacial score (nSPS) is 15.9. The van der Waals surface area contributed by atoms with Crippen molar-refractivity contribution in [2.45, 2.75) is 52.2 Å². The van der Waals surface area contributed by atoms with Gasteiger partial charge in [-0.15, -0.1) is 0 Å². The smallest absolute Gasteiger partial charge is 0.0625 e. The fourth-order valence-electron chi connectivity index (χ4n) is 0.914. The molecule has 0 rings (SSSR count). The van der Waals surface area contributed by atoms with Gasteiger partial charge in [0.2, 0.25) is 0 Å². The predicted octanol–water partition coefficient (Wildman–Crippen LogP) is 2.70. The summed E-state index contributed by atoms with van der Waals surface area (Å²) in [5.41, 5.74) is -0.480. The Kier molecular flexibility index (Phi) is 7.69.